The van der Waals surface area contributed by atoms with Crippen LogP contribution in [0.1, 0.15) is 16.8 Å². The number of carbonyl (C=O) groups excluding carboxylic acids is 2. The predicted octanol–water partition coefficient (Wildman–Crippen LogP) is 1.72. The van der Waals surface area contributed by atoms with Gasteiger partial charge in [0.05, 0.1) is 5.56 Å². The predicted molar refractivity (Wildman–Crippen MR) is 99.6 cm³/mol. The molecule has 1 fully saturated rings. The number of hydrazine groups is 1. The summed E-state index contributed by atoms with van der Waals surface area (Å²) in [6.45, 7) is 4.48. The summed E-state index contributed by atoms with van der Waals surface area (Å²) in [6.07, 6.45) is 0.370. The van der Waals surface area contributed by atoms with E-state index in [1.54, 1.807) is 11.4 Å². The van der Waals surface area contributed by atoms with Crippen LogP contribution in [0.3, 0.4) is 0 Å². The number of nitrogens with zero attached hydrogens (tertiary/aromatic N) is 2. The van der Waals surface area contributed by atoms with E-state index in [2.05, 4.69) is 44.9 Å². The minimum Gasteiger partial charge on any atom is -0.369 e. The molecule has 0 unspecified atom stereocenters. The minimum absolute atomic E-state index is 0.172. The second-order valence-electron chi connectivity index (χ2n) is 5.93. The maximum Gasteiger partial charge on any atom is 0.270 e. The van der Waals surface area contributed by atoms with Crippen LogP contribution in [0.25, 0.3) is 0 Å². The minimum atomic E-state index is -0.286. The van der Waals surface area contributed by atoms with Gasteiger partial charge in [-0.15, -0.1) is 0 Å². The first kappa shape index (κ1) is 17.4. The zero-order valence-corrected chi connectivity index (χ0v) is 14.8. The van der Waals surface area contributed by atoms with Crippen LogP contribution < -0.4 is 15.8 Å². The Labute approximate surface area is 151 Å². The molecular formula is C18H22N4O2S. The number of carbonyl (C=O) groups is 2. The molecule has 1 aliphatic rings. The highest BCUT2D eigenvalue weighted by molar-refractivity contribution is 7.08. The third kappa shape index (κ3) is 5.04. The fourth-order valence-electron chi connectivity index (χ4n) is 2.78. The van der Waals surface area contributed by atoms with Crippen molar-refractivity contribution in [1.82, 2.24) is 15.8 Å². The lowest BCUT2D eigenvalue weighted by atomic mass is 10.2. The lowest BCUT2D eigenvalue weighted by molar-refractivity contribution is -0.122. The third-order valence-corrected chi connectivity index (χ3v) is 4.93. The molecule has 0 atom stereocenters. The summed E-state index contributed by atoms with van der Waals surface area (Å²) in [6, 6.07) is 12.1. The first-order valence-corrected chi connectivity index (χ1v) is 9.30. The molecule has 0 bridgehead atoms. The van der Waals surface area contributed by atoms with E-state index in [1.807, 2.05) is 11.4 Å². The molecule has 2 N–H and O–H groups in total. The number of hydrogen-bond acceptors (Lipinski definition) is 5. The van der Waals surface area contributed by atoms with Crippen LogP contribution in [0, 0.1) is 0 Å². The van der Waals surface area contributed by atoms with Crippen LogP contribution in [0.2, 0.25) is 0 Å². The monoisotopic (exact) mass is 358 g/mol. The summed E-state index contributed by atoms with van der Waals surface area (Å²) < 4.78 is 0. The molecule has 2 heterocycles. The maximum atomic E-state index is 11.9. The van der Waals surface area contributed by atoms with Crippen LogP contribution in [0.15, 0.2) is 47.2 Å². The Kier molecular flexibility index (Phi) is 6.03. The van der Waals surface area contributed by atoms with Crippen LogP contribution in [0.5, 0.6) is 0 Å². The van der Waals surface area contributed by atoms with Gasteiger partial charge < -0.3 is 4.90 Å². The van der Waals surface area contributed by atoms with E-state index in [1.165, 1.54) is 17.0 Å². The summed E-state index contributed by atoms with van der Waals surface area (Å²) in [5.41, 5.74) is 6.72. The van der Waals surface area contributed by atoms with Gasteiger partial charge in [-0.05, 0) is 23.6 Å². The second kappa shape index (κ2) is 8.64. The van der Waals surface area contributed by atoms with Crippen molar-refractivity contribution in [3.05, 3.63) is 52.7 Å². The Bertz CT molecular complexity index is 682. The number of benzene rings is 1. The quantitative estimate of drug-likeness (QED) is 0.799. The average Bonchev–Trinajstić information content (AvgIpc) is 3.20. The summed E-state index contributed by atoms with van der Waals surface area (Å²) >= 11 is 1.45. The van der Waals surface area contributed by atoms with E-state index in [-0.39, 0.29) is 11.8 Å². The van der Waals surface area contributed by atoms with Crippen molar-refractivity contribution < 1.29 is 9.59 Å². The van der Waals surface area contributed by atoms with Gasteiger partial charge >= 0.3 is 0 Å². The Hall–Kier alpha value is -2.38. The molecule has 1 aliphatic heterocycles. The van der Waals surface area contributed by atoms with Gasteiger partial charge in [-0.2, -0.15) is 11.3 Å². The molecular weight excluding hydrogens is 336 g/mol. The molecule has 3 rings (SSSR count). The number of piperazine rings is 1. The Morgan fingerprint density at radius 3 is 2.44 bits per heavy atom. The first-order chi connectivity index (χ1) is 12.2. The molecule has 2 amide bonds. The SMILES string of the molecule is O=C(CCN1CCN(c2ccccc2)CC1)NNC(=O)c1ccsc1. The average molecular weight is 358 g/mol. The number of hydrogen-bond donors (Lipinski definition) is 2. The lowest BCUT2D eigenvalue weighted by Crippen LogP contribution is -2.48. The number of para-hydroxylation sites is 1. The topological polar surface area (TPSA) is 64.7 Å². The number of anilines is 1. The van der Waals surface area contributed by atoms with Gasteiger partial charge in [0.15, 0.2) is 0 Å². The molecule has 7 heteroatoms. The van der Waals surface area contributed by atoms with Crippen LogP contribution >= 0.6 is 11.3 Å². The van der Waals surface area contributed by atoms with Crippen molar-refractivity contribution in [2.45, 2.75) is 6.42 Å². The van der Waals surface area contributed by atoms with Gasteiger partial charge in [-0.3, -0.25) is 25.3 Å². The van der Waals surface area contributed by atoms with E-state index >= 15 is 0 Å². The highest BCUT2D eigenvalue weighted by atomic mass is 32.1. The third-order valence-electron chi connectivity index (χ3n) is 4.25. The summed E-state index contributed by atoms with van der Waals surface area (Å²) in [4.78, 5) is 28.3. The zero-order valence-electron chi connectivity index (χ0n) is 14.0. The molecule has 0 saturated carbocycles. The van der Waals surface area contributed by atoms with Gasteiger partial charge in [0.2, 0.25) is 5.91 Å². The van der Waals surface area contributed by atoms with E-state index in [0.717, 1.165) is 26.2 Å². The first-order valence-electron chi connectivity index (χ1n) is 8.36. The number of thiophene rings is 1. The van der Waals surface area contributed by atoms with E-state index in [4.69, 9.17) is 0 Å². The smallest absolute Gasteiger partial charge is 0.270 e. The molecule has 1 saturated heterocycles. The Morgan fingerprint density at radius 2 is 1.76 bits per heavy atom. The molecule has 25 heavy (non-hydrogen) atoms. The van der Waals surface area contributed by atoms with Gasteiger partial charge in [-0.25, -0.2) is 0 Å². The summed E-state index contributed by atoms with van der Waals surface area (Å²) in [7, 11) is 0. The highest BCUT2D eigenvalue weighted by Gasteiger charge is 2.17. The van der Waals surface area contributed by atoms with Crippen LogP contribution in [0.4, 0.5) is 5.69 Å². The van der Waals surface area contributed by atoms with Crippen molar-refractivity contribution in [2.75, 3.05) is 37.6 Å². The molecule has 1 aromatic heterocycles. The van der Waals surface area contributed by atoms with Gasteiger partial charge in [0, 0.05) is 50.2 Å². The molecule has 0 radical (unpaired) electrons. The molecule has 2 aromatic rings. The number of nitrogens with one attached hydrogen (secondary N) is 2. The maximum absolute atomic E-state index is 11.9. The number of rotatable bonds is 5. The molecule has 1 aromatic carbocycles. The standard InChI is InChI=1S/C18H22N4O2S/c23-17(19-20-18(24)15-7-13-25-14-15)6-8-21-9-11-22(12-10-21)16-4-2-1-3-5-16/h1-5,7,13-14H,6,8-12H2,(H,19,23)(H,20,24). The van der Waals surface area contributed by atoms with Crippen molar-refractivity contribution >= 4 is 28.8 Å². The van der Waals surface area contributed by atoms with E-state index in [9.17, 15) is 9.59 Å². The zero-order chi connectivity index (χ0) is 17.5. The van der Waals surface area contributed by atoms with Gasteiger partial charge in [-0.1, -0.05) is 18.2 Å². The summed E-state index contributed by atoms with van der Waals surface area (Å²) in [5, 5.41) is 3.57. The molecule has 0 spiro atoms. The van der Waals surface area contributed by atoms with Crippen molar-refractivity contribution in [3.8, 4) is 0 Å². The molecule has 6 nitrogen and oxygen atoms in total. The Morgan fingerprint density at radius 1 is 1.00 bits per heavy atom. The fourth-order valence-corrected chi connectivity index (χ4v) is 3.42. The van der Waals surface area contributed by atoms with E-state index < -0.39 is 0 Å². The van der Waals surface area contributed by atoms with Gasteiger partial charge in [0.25, 0.3) is 5.91 Å². The fraction of sp³-hybridized carbons (Fsp3) is 0.333. The Balaban J connectivity index is 1.34. The largest absolute Gasteiger partial charge is 0.369 e. The second-order valence-corrected chi connectivity index (χ2v) is 6.71. The lowest BCUT2D eigenvalue weighted by Gasteiger charge is -2.36. The van der Waals surface area contributed by atoms with E-state index in [0.29, 0.717) is 18.5 Å². The van der Waals surface area contributed by atoms with Gasteiger partial charge in [0.1, 0.15) is 0 Å². The summed E-state index contributed by atoms with van der Waals surface area (Å²) in [5.74, 6) is -0.458. The van der Waals surface area contributed by atoms with Crippen LogP contribution in [-0.2, 0) is 4.79 Å². The van der Waals surface area contributed by atoms with Crippen molar-refractivity contribution in [2.24, 2.45) is 0 Å². The number of amides is 2. The van der Waals surface area contributed by atoms with Crippen molar-refractivity contribution in [1.29, 1.82) is 0 Å². The molecule has 0 aliphatic carbocycles. The highest BCUT2D eigenvalue weighted by Crippen LogP contribution is 2.15. The normalized spacial score (nSPS) is 15.0. The van der Waals surface area contributed by atoms with Crippen LogP contribution in [-0.4, -0.2) is 49.4 Å². The van der Waals surface area contributed by atoms with Crippen molar-refractivity contribution in [3.63, 3.8) is 0 Å². The molecule has 132 valence electrons.